The summed E-state index contributed by atoms with van der Waals surface area (Å²) in [6.45, 7) is 6.85. The highest BCUT2D eigenvalue weighted by Gasteiger charge is 2.38. The lowest BCUT2D eigenvalue weighted by Gasteiger charge is -2.07. The van der Waals surface area contributed by atoms with Gasteiger partial charge in [-0.05, 0) is 55.3 Å². The second-order valence-corrected chi connectivity index (χ2v) is 4.86. The van der Waals surface area contributed by atoms with Crippen LogP contribution >= 0.6 is 0 Å². The van der Waals surface area contributed by atoms with E-state index in [0.29, 0.717) is 0 Å². The van der Waals surface area contributed by atoms with E-state index in [4.69, 9.17) is 0 Å². The van der Waals surface area contributed by atoms with Gasteiger partial charge < -0.3 is 5.32 Å². The minimum atomic E-state index is 0.834. The predicted octanol–water partition coefficient (Wildman–Crippen LogP) is 3.35. The Labute approximate surface area is 99.3 Å². The fraction of sp³-hybridized carbons (Fsp3) is 0.600. The molecule has 0 radical (unpaired) electrons. The van der Waals surface area contributed by atoms with Gasteiger partial charge in [0.05, 0.1) is 0 Å². The second-order valence-electron chi connectivity index (χ2n) is 4.86. The Bertz CT molecular complexity index is 332. The molecule has 2 rings (SSSR count). The van der Waals surface area contributed by atoms with Crippen LogP contribution in [0.2, 0.25) is 0 Å². The summed E-state index contributed by atoms with van der Waals surface area (Å²) in [6.07, 6.45) is 3.79. The molecule has 1 saturated carbocycles. The number of hydrogen-bond donors (Lipinski definition) is 1. The lowest BCUT2D eigenvalue weighted by atomic mass is 10.0. The Morgan fingerprint density at radius 3 is 2.81 bits per heavy atom. The van der Waals surface area contributed by atoms with Gasteiger partial charge in [-0.2, -0.15) is 0 Å². The maximum atomic E-state index is 3.53. The van der Waals surface area contributed by atoms with Crippen molar-refractivity contribution in [3.8, 4) is 0 Å². The topological polar surface area (TPSA) is 12.0 Å². The Kier molecular flexibility index (Phi) is 4.00. The van der Waals surface area contributed by atoms with Crippen molar-refractivity contribution in [3.63, 3.8) is 0 Å². The van der Waals surface area contributed by atoms with Crippen LogP contribution in [0.25, 0.3) is 0 Å². The van der Waals surface area contributed by atoms with E-state index in [1.165, 1.54) is 32.4 Å². The van der Waals surface area contributed by atoms with Gasteiger partial charge in [0.15, 0.2) is 0 Å². The van der Waals surface area contributed by atoms with Crippen molar-refractivity contribution < 1.29 is 0 Å². The first-order valence-corrected chi connectivity index (χ1v) is 6.65. The molecule has 0 spiro atoms. The van der Waals surface area contributed by atoms with Gasteiger partial charge in [0.25, 0.3) is 0 Å². The molecule has 1 N–H and O–H groups in total. The zero-order chi connectivity index (χ0) is 11.4. The van der Waals surface area contributed by atoms with Crippen molar-refractivity contribution in [2.75, 3.05) is 13.1 Å². The highest BCUT2D eigenvalue weighted by molar-refractivity contribution is 5.34. The minimum Gasteiger partial charge on any atom is -0.316 e. The normalized spacial score (nSPS) is 23.4. The first kappa shape index (κ1) is 11.7. The Balaban J connectivity index is 1.90. The lowest BCUT2D eigenvalue weighted by molar-refractivity contribution is 0.619. The van der Waals surface area contributed by atoms with E-state index < -0.39 is 0 Å². The summed E-state index contributed by atoms with van der Waals surface area (Å²) >= 11 is 0. The molecular formula is C15H23N. The van der Waals surface area contributed by atoms with E-state index in [2.05, 4.69) is 43.4 Å². The molecule has 0 heterocycles. The largest absolute Gasteiger partial charge is 0.316 e. The molecule has 1 aliphatic carbocycles. The number of hydrogen-bond acceptors (Lipinski definition) is 1. The summed E-state index contributed by atoms with van der Waals surface area (Å²) in [5.74, 6) is 1.72. The summed E-state index contributed by atoms with van der Waals surface area (Å²) in [4.78, 5) is 0. The summed E-state index contributed by atoms with van der Waals surface area (Å²) < 4.78 is 0. The van der Waals surface area contributed by atoms with Gasteiger partial charge in [-0.3, -0.25) is 0 Å². The van der Waals surface area contributed by atoms with E-state index in [9.17, 15) is 0 Å². The van der Waals surface area contributed by atoms with E-state index in [1.54, 1.807) is 11.1 Å². The van der Waals surface area contributed by atoms with Crippen molar-refractivity contribution in [2.45, 2.75) is 39.0 Å². The third-order valence-electron chi connectivity index (χ3n) is 3.59. The molecule has 1 aromatic carbocycles. The Morgan fingerprint density at radius 2 is 2.06 bits per heavy atom. The summed E-state index contributed by atoms with van der Waals surface area (Å²) in [5, 5.41) is 3.53. The van der Waals surface area contributed by atoms with Gasteiger partial charge in [-0.15, -0.1) is 0 Å². The van der Waals surface area contributed by atoms with Crippen molar-refractivity contribution in [1.29, 1.82) is 0 Å². The molecule has 0 aliphatic heterocycles. The minimum absolute atomic E-state index is 0.834. The van der Waals surface area contributed by atoms with Gasteiger partial charge in [0.2, 0.25) is 0 Å². The van der Waals surface area contributed by atoms with Gasteiger partial charge >= 0.3 is 0 Å². The van der Waals surface area contributed by atoms with Crippen LogP contribution in [0.3, 0.4) is 0 Å². The van der Waals surface area contributed by atoms with Crippen molar-refractivity contribution in [2.24, 2.45) is 5.92 Å². The molecule has 2 atom stereocenters. The molecule has 0 aromatic heterocycles. The first-order chi connectivity index (χ1) is 7.86. The smallest absolute Gasteiger partial charge is 0.00144 e. The number of rotatable bonds is 6. The van der Waals surface area contributed by atoms with Gasteiger partial charge in [-0.25, -0.2) is 0 Å². The number of nitrogens with one attached hydrogen (secondary N) is 1. The lowest BCUT2D eigenvalue weighted by Crippen LogP contribution is -2.18. The van der Waals surface area contributed by atoms with Crippen LogP contribution in [-0.4, -0.2) is 13.1 Å². The number of aryl methyl sites for hydroxylation is 1. The third kappa shape index (κ3) is 2.65. The molecule has 1 aliphatic rings. The van der Waals surface area contributed by atoms with Crippen LogP contribution in [-0.2, 0) is 6.42 Å². The maximum Gasteiger partial charge on any atom is -0.00144 e. The SMILES string of the molecule is CCCNCC1CC1c1ccccc1CC. The maximum absolute atomic E-state index is 3.53. The average molecular weight is 217 g/mol. The van der Waals surface area contributed by atoms with Crippen molar-refractivity contribution >= 4 is 0 Å². The fourth-order valence-electron chi connectivity index (χ4n) is 2.54. The van der Waals surface area contributed by atoms with Crippen LogP contribution in [0.1, 0.15) is 43.7 Å². The zero-order valence-corrected chi connectivity index (χ0v) is 10.5. The number of benzene rings is 1. The van der Waals surface area contributed by atoms with Crippen LogP contribution in [0.15, 0.2) is 24.3 Å². The molecular weight excluding hydrogens is 194 g/mol. The Hall–Kier alpha value is -0.820. The van der Waals surface area contributed by atoms with Crippen LogP contribution in [0.5, 0.6) is 0 Å². The molecule has 88 valence electrons. The molecule has 0 amide bonds. The first-order valence-electron chi connectivity index (χ1n) is 6.65. The summed E-state index contributed by atoms with van der Waals surface area (Å²) in [5.41, 5.74) is 3.15. The summed E-state index contributed by atoms with van der Waals surface area (Å²) in [7, 11) is 0. The molecule has 0 bridgehead atoms. The molecule has 0 saturated heterocycles. The highest BCUT2D eigenvalue weighted by atomic mass is 14.9. The molecule has 1 heteroatoms. The van der Waals surface area contributed by atoms with E-state index >= 15 is 0 Å². The second kappa shape index (κ2) is 5.49. The van der Waals surface area contributed by atoms with E-state index in [-0.39, 0.29) is 0 Å². The van der Waals surface area contributed by atoms with Crippen LogP contribution in [0.4, 0.5) is 0 Å². The van der Waals surface area contributed by atoms with Gasteiger partial charge in [0, 0.05) is 0 Å². The molecule has 1 aromatic rings. The highest BCUT2D eigenvalue weighted by Crippen LogP contribution is 2.48. The standard InChI is InChI=1S/C15H23N/c1-3-9-16-11-13-10-15(13)14-8-6-5-7-12(14)4-2/h5-8,13,15-16H,3-4,9-11H2,1-2H3. The van der Waals surface area contributed by atoms with Crippen LogP contribution in [0, 0.1) is 5.92 Å². The molecule has 2 unspecified atom stereocenters. The monoisotopic (exact) mass is 217 g/mol. The summed E-state index contributed by atoms with van der Waals surface area (Å²) in [6, 6.07) is 8.95. The van der Waals surface area contributed by atoms with E-state index in [1.807, 2.05) is 0 Å². The quantitative estimate of drug-likeness (QED) is 0.721. The van der Waals surface area contributed by atoms with Gasteiger partial charge in [-0.1, -0.05) is 38.1 Å². The third-order valence-corrected chi connectivity index (χ3v) is 3.59. The van der Waals surface area contributed by atoms with E-state index in [0.717, 1.165) is 11.8 Å². The predicted molar refractivity (Wildman–Crippen MR) is 69.8 cm³/mol. The zero-order valence-electron chi connectivity index (χ0n) is 10.5. The Morgan fingerprint density at radius 1 is 1.25 bits per heavy atom. The van der Waals surface area contributed by atoms with Crippen LogP contribution < -0.4 is 5.32 Å². The van der Waals surface area contributed by atoms with Gasteiger partial charge in [0.1, 0.15) is 0 Å². The van der Waals surface area contributed by atoms with Crippen molar-refractivity contribution in [3.05, 3.63) is 35.4 Å². The molecule has 1 fully saturated rings. The van der Waals surface area contributed by atoms with Crippen molar-refractivity contribution in [1.82, 2.24) is 5.32 Å². The fourth-order valence-corrected chi connectivity index (χ4v) is 2.54. The molecule has 1 nitrogen and oxygen atoms in total. The molecule has 16 heavy (non-hydrogen) atoms. The average Bonchev–Trinajstić information content (AvgIpc) is 3.09.